The van der Waals surface area contributed by atoms with Crippen LogP contribution in [0.4, 0.5) is 10.8 Å². The second kappa shape index (κ2) is 5.71. The number of rotatable bonds is 3. The Kier molecular flexibility index (Phi) is 3.78. The Morgan fingerprint density at radius 3 is 2.25 bits per heavy atom. The lowest BCUT2D eigenvalue weighted by atomic mass is 10.2. The molecule has 106 valence electrons. The average molecular weight is 289 g/mol. The van der Waals surface area contributed by atoms with Gasteiger partial charge in [-0.15, -0.1) is 11.3 Å². The van der Waals surface area contributed by atoms with Gasteiger partial charge in [0.05, 0.1) is 7.11 Å². The maximum atomic E-state index is 5.20. The molecule has 0 bridgehead atoms. The topological polar surface area (TPSA) is 28.6 Å². The van der Waals surface area contributed by atoms with E-state index in [1.807, 2.05) is 18.3 Å². The van der Waals surface area contributed by atoms with E-state index in [1.165, 1.54) is 10.6 Å². The number of methoxy groups -OCH3 is 1. The third-order valence-corrected chi connectivity index (χ3v) is 4.57. The molecular formula is C15H19N3OS. The Balaban J connectivity index is 1.63. The second-order valence-corrected chi connectivity index (χ2v) is 6.14. The van der Waals surface area contributed by atoms with Gasteiger partial charge in [0.1, 0.15) is 5.75 Å². The van der Waals surface area contributed by atoms with E-state index in [4.69, 9.17) is 4.74 Å². The van der Waals surface area contributed by atoms with Crippen molar-refractivity contribution < 1.29 is 4.74 Å². The molecule has 20 heavy (non-hydrogen) atoms. The Labute approximate surface area is 123 Å². The maximum absolute atomic E-state index is 5.20. The van der Waals surface area contributed by atoms with Crippen LogP contribution in [0, 0.1) is 6.92 Å². The van der Waals surface area contributed by atoms with Crippen LogP contribution in [0.3, 0.4) is 0 Å². The Morgan fingerprint density at radius 2 is 1.70 bits per heavy atom. The molecule has 3 rings (SSSR count). The van der Waals surface area contributed by atoms with Crippen LogP contribution in [-0.2, 0) is 0 Å². The first-order chi connectivity index (χ1) is 9.76. The molecule has 5 heteroatoms. The number of thiazole rings is 1. The van der Waals surface area contributed by atoms with Crippen molar-refractivity contribution in [3.63, 3.8) is 0 Å². The summed E-state index contributed by atoms with van der Waals surface area (Å²) in [5.41, 5.74) is 1.26. The minimum absolute atomic E-state index is 0.908. The first kappa shape index (κ1) is 13.2. The number of aromatic nitrogens is 1. The minimum Gasteiger partial charge on any atom is -0.497 e. The largest absolute Gasteiger partial charge is 0.497 e. The zero-order chi connectivity index (χ0) is 13.9. The second-order valence-electron chi connectivity index (χ2n) is 4.93. The lowest BCUT2D eigenvalue weighted by Gasteiger charge is -2.36. The summed E-state index contributed by atoms with van der Waals surface area (Å²) in [6.07, 6.45) is 1.95. The van der Waals surface area contributed by atoms with Crippen LogP contribution in [0.15, 0.2) is 30.5 Å². The van der Waals surface area contributed by atoms with Gasteiger partial charge in [0.25, 0.3) is 0 Å². The number of piperazine rings is 1. The molecule has 0 radical (unpaired) electrons. The minimum atomic E-state index is 0.908. The molecule has 4 nitrogen and oxygen atoms in total. The summed E-state index contributed by atoms with van der Waals surface area (Å²) in [6.45, 7) is 6.22. The summed E-state index contributed by atoms with van der Waals surface area (Å²) in [4.78, 5) is 10.5. The molecule has 1 saturated heterocycles. The van der Waals surface area contributed by atoms with Crippen LogP contribution in [0.2, 0.25) is 0 Å². The molecule has 0 amide bonds. The van der Waals surface area contributed by atoms with Crippen molar-refractivity contribution in [3.05, 3.63) is 35.3 Å². The standard InChI is InChI=1S/C15H19N3OS/c1-12-11-16-15(20-12)18-9-7-17(8-10-18)13-3-5-14(19-2)6-4-13/h3-6,11H,7-10H2,1-2H3. The molecule has 1 aliphatic heterocycles. The Hall–Kier alpha value is -1.75. The van der Waals surface area contributed by atoms with E-state index in [0.29, 0.717) is 0 Å². The van der Waals surface area contributed by atoms with Crippen LogP contribution in [0.25, 0.3) is 0 Å². The normalized spacial score (nSPS) is 15.5. The van der Waals surface area contributed by atoms with Gasteiger partial charge in [0, 0.05) is 42.9 Å². The molecule has 2 aromatic rings. The number of nitrogens with zero attached hydrogens (tertiary/aromatic N) is 3. The van der Waals surface area contributed by atoms with Crippen LogP contribution >= 0.6 is 11.3 Å². The van der Waals surface area contributed by atoms with Crippen molar-refractivity contribution in [1.82, 2.24) is 4.98 Å². The van der Waals surface area contributed by atoms with Gasteiger partial charge in [-0.3, -0.25) is 0 Å². The van der Waals surface area contributed by atoms with Crippen LogP contribution < -0.4 is 14.5 Å². The van der Waals surface area contributed by atoms with E-state index >= 15 is 0 Å². The first-order valence-electron chi connectivity index (χ1n) is 6.82. The zero-order valence-corrected chi connectivity index (χ0v) is 12.7. The Morgan fingerprint density at radius 1 is 1.05 bits per heavy atom. The molecule has 1 aromatic heterocycles. The number of aryl methyl sites for hydroxylation is 1. The molecule has 0 spiro atoms. The molecule has 1 fully saturated rings. The fourth-order valence-electron chi connectivity index (χ4n) is 2.44. The van der Waals surface area contributed by atoms with Crippen molar-refractivity contribution in [2.24, 2.45) is 0 Å². The molecule has 1 aromatic carbocycles. The fourth-order valence-corrected chi connectivity index (χ4v) is 3.25. The fraction of sp³-hybridized carbons (Fsp3) is 0.400. The number of benzene rings is 1. The smallest absolute Gasteiger partial charge is 0.185 e. The molecule has 0 aliphatic carbocycles. The van der Waals surface area contributed by atoms with Crippen LogP contribution in [0.5, 0.6) is 5.75 Å². The first-order valence-corrected chi connectivity index (χ1v) is 7.64. The summed E-state index contributed by atoms with van der Waals surface area (Å²) >= 11 is 1.78. The molecule has 0 unspecified atom stereocenters. The van der Waals surface area contributed by atoms with Crippen molar-refractivity contribution in [2.75, 3.05) is 43.1 Å². The summed E-state index contributed by atoms with van der Waals surface area (Å²) in [5.74, 6) is 0.908. The van der Waals surface area contributed by atoms with E-state index in [2.05, 4.69) is 33.8 Å². The van der Waals surface area contributed by atoms with Crippen LogP contribution in [0.1, 0.15) is 4.88 Å². The molecular weight excluding hydrogens is 270 g/mol. The van der Waals surface area contributed by atoms with Crippen molar-refractivity contribution in [1.29, 1.82) is 0 Å². The van der Waals surface area contributed by atoms with E-state index < -0.39 is 0 Å². The molecule has 0 atom stereocenters. The van der Waals surface area contributed by atoms with E-state index in [1.54, 1.807) is 18.4 Å². The van der Waals surface area contributed by atoms with Gasteiger partial charge in [0.2, 0.25) is 0 Å². The van der Waals surface area contributed by atoms with Gasteiger partial charge in [0.15, 0.2) is 5.13 Å². The van der Waals surface area contributed by atoms with Gasteiger partial charge in [-0.2, -0.15) is 0 Å². The lowest BCUT2D eigenvalue weighted by molar-refractivity contribution is 0.415. The van der Waals surface area contributed by atoms with Crippen LogP contribution in [-0.4, -0.2) is 38.3 Å². The lowest BCUT2D eigenvalue weighted by Crippen LogP contribution is -2.46. The summed E-state index contributed by atoms with van der Waals surface area (Å²) in [6, 6.07) is 8.29. The van der Waals surface area contributed by atoms with E-state index in [0.717, 1.165) is 37.1 Å². The zero-order valence-electron chi connectivity index (χ0n) is 11.9. The predicted octanol–water partition coefficient (Wildman–Crippen LogP) is 2.79. The monoisotopic (exact) mass is 289 g/mol. The number of hydrogen-bond acceptors (Lipinski definition) is 5. The highest BCUT2D eigenvalue weighted by Crippen LogP contribution is 2.25. The summed E-state index contributed by atoms with van der Waals surface area (Å²) in [5, 5.41) is 1.15. The van der Waals surface area contributed by atoms with Crippen molar-refractivity contribution in [3.8, 4) is 5.75 Å². The van der Waals surface area contributed by atoms with Gasteiger partial charge in [-0.1, -0.05) is 0 Å². The van der Waals surface area contributed by atoms with Crippen molar-refractivity contribution in [2.45, 2.75) is 6.92 Å². The number of ether oxygens (including phenoxy) is 1. The summed E-state index contributed by atoms with van der Waals surface area (Å²) < 4.78 is 5.20. The average Bonchev–Trinajstić information content (AvgIpc) is 2.94. The molecule has 1 aliphatic rings. The quantitative estimate of drug-likeness (QED) is 0.869. The van der Waals surface area contributed by atoms with E-state index in [9.17, 15) is 0 Å². The predicted molar refractivity (Wildman–Crippen MR) is 84.3 cm³/mol. The number of anilines is 2. The Bertz CT molecular complexity index is 559. The van der Waals surface area contributed by atoms with Crippen molar-refractivity contribution >= 4 is 22.2 Å². The SMILES string of the molecule is COc1ccc(N2CCN(c3ncc(C)s3)CC2)cc1. The highest BCUT2D eigenvalue weighted by atomic mass is 32.1. The third kappa shape index (κ3) is 2.72. The third-order valence-electron chi connectivity index (χ3n) is 3.60. The maximum Gasteiger partial charge on any atom is 0.185 e. The summed E-state index contributed by atoms with van der Waals surface area (Å²) in [7, 11) is 1.70. The van der Waals surface area contributed by atoms with Gasteiger partial charge in [-0.05, 0) is 31.2 Å². The highest BCUT2D eigenvalue weighted by Gasteiger charge is 2.19. The van der Waals surface area contributed by atoms with Gasteiger partial charge in [-0.25, -0.2) is 4.98 Å². The van der Waals surface area contributed by atoms with E-state index in [-0.39, 0.29) is 0 Å². The molecule has 0 N–H and O–H groups in total. The molecule has 2 heterocycles. The number of hydrogen-bond donors (Lipinski definition) is 0. The van der Waals surface area contributed by atoms with Gasteiger partial charge >= 0.3 is 0 Å². The highest BCUT2D eigenvalue weighted by molar-refractivity contribution is 7.15. The van der Waals surface area contributed by atoms with Gasteiger partial charge < -0.3 is 14.5 Å². The molecule has 0 saturated carbocycles.